The number of carbonyl (C=O) groups excluding carboxylic acids is 2. The van der Waals surface area contributed by atoms with Crippen LogP contribution in [0.1, 0.15) is 53.0 Å². The maximum atomic E-state index is 12.6. The summed E-state index contributed by atoms with van der Waals surface area (Å²) in [4.78, 5) is 29.2. The van der Waals surface area contributed by atoms with Crippen molar-refractivity contribution in [2.45, 2.75) is 65.0 Å². The van der Waals surface area contributed by atoms with Gasteiger partial charge in [-0.1, -0.05) is 38.1 Å². The van der Waals surface area contributed by atoms with E-state index in [2.05, 4.69) is 15.6 Å². The molecule has 0 aliphatic heterocycles. The number of hydrogen-bond donors (Lipinski definition) is 2. The van der Waals surface area contributed by atoms with Crippen LogP contribution in [0.15, 0.2) is 36.5 Å². The van der Waals surface area contributed by atoms with E-state index in [1.807, 2.05) is 65.0 Å². The number of para-hydroxylation sites is 1. The van der Waals surface area contributed by atoms with Gasteiger partial charge in [0.25, 0.3) is 0 Å². The Labute approximate surface area is 167 Å². The Morgan fingerprint density at radius 2 is 1.75 bits per heavy atom. The van der Waals surface area contributed by atoms with Crippen molar-refractivity contribution in [3.63, 3.8) is 0 Å². The zero-order valence-corrected chi connectivity index (χ0v) is 17.5. The number of nitrogens with one attached hydrogen (secondary N) is 2. The van der Waals surface area contributed by atoms with Crippen molar-refractivity contribution < 1.29 is 14.3 Å². The largest absolute Gasteiger partial charge is 0.444 e. The molecule has 0 atom stereocenters. The van der Waals surface area contributed by atoms with Crippen molar-refractivity contribution in [3.8, 4) is 0 Å². The van der Waals surface area contributed by atoms with Gasteiger partial charge in [0.05, 0.1) is 17.5 Å². The molecule has 0 aliphatic rings. The lowest BCUT2D eigenvalue weighted by molar-refractivity contribution is -0.120. The molecule has 2 amide bonds. The van der Waals surface area contributed by atoms with E-state index in [0.29, 0.717) is 19.4 Å². The zero-order valence-electron chi connectivity index (χ0n) is 17.5. The van der Waals surface area contributed by atoms with Gasteiger partial charge in [0, 0.05) is 18.1 Å². The van der Waals surface area contributed by atoms with Crippen LogP contribution in [0.25, 0.3) is 10.9 Å². The fourth-order valence-electron chi connectivity index (χ4n) is 3.05. The Morgan fingerprint density at radius 1 is 1.07 bits per heavy atom. The molecule has 2 aromatic rings. The highest BCUT2D eigenvalue weighted by molar-refractivity contribution is 5.87. The molecule has 0 spiro atoms. The summed E-state index contributed by atoms with van der Waals surface area (Å²) in [5.41, 5.74) is 0.607. The Kier molecular flexibility index (Phi) is 7.00. The number of alkyl carbamates (subject to hydrolysis) is 1. The number of carbonyl (C=O) groups is 2. The standard InChI is InChI=1S/C22H31N3O3/c1-6-22(7-2,25-20(27)28-21(3,4)5)15-24-18(26)14-17-11-8-10-16-12-9-13-23-19(16)17/h8-13H,6-7,14-15H2,1-5H3,(H,24,26)(H,25,27). The Bertz CT molecular complexity index is 818. The second-order valence-corrected chi connectivity index (χ2v) is 8.06. The first-order valence-corrected chi connectivity index (χ1v) is 9.78. The lowest BCUT2D eigenvalue weighted by Gasteiger charge is -2.34. The number of aromatic nitrogens is 1. The van der Waals surface area contributed by atoms with Crippen molar-refractivity contribution in [2.24, 2.45) is 0 Å². The Balaban J connectivity index is 2.02. The third kappa shape index (κ3) is 5.94. The number of nitrogens with zero attached hydrogens (tertiary/aromatic N) is 1. The number of amides is 2. The molecular weight excluding hydrogens is 354 g/mol. The molecule has 0 fully saturated rings. The van der Waals surface area contributed by atoms with Gasteiger partial charge >= 0.3 is 6.09 Å². The molecule has 2 rings (SSSR count). The van der Waals surface area contributed by atoms with Crippen LogP contribution in [0.3, 0.4) is 0 Å². The van der Waals surface area contributed by atoms with E-state index in [1.165, 1.54) is 0 Å². The van der Waals surface area contributed by atoms with Gasteiger partial charge in [0.1, 0.15) is 5.60 Å². The highest BCUT2D eigenvalue weighted by Crippen LogP contribution is 2.18. The number of ether oxygens (including phenoxy) is 1. The maximum absolute atomic E-state index is 12.6. The molecule has 0 aliphatic carbocycles. The molecular formula is C22H31N3O3. The molecule has 0 radical (unpaired) electrons. The van der Waals surface area contributed by atoms with Crippen molar-refractivity contribution in [2.75, 3.05) is 6.54 Å². The van der Waals surface area contributed by atoms with Gasteiger partial charge in [-0.2, -0.15) is 0 Å². The van der Waals surface area contributed by atoms with Crippen molar-refractivity contribution in [1.82, 2.24) is 15.6 Å². The minimum atomic E-state index is -0.568. The van der Waals surface area contributed by atoms with Gasteiger partial charge in [-0.25, -0.2) is 4.79 Å². The molecule has 1 aromatic carbocycles. The van der Waals surface area contributed by atoms with Gasteiger partial charge in [-0.3, -0.25) is 9.78 Å². The van der Waals surface area contributed by atoms with Crippen molar-refractivity contribution >= 4 is 22.9 Å². The maximum Gasteiger partial charge on any atom is 0.408 e. The summed E-state index contributed by atoms with van der Waals surface area (Å²) in [6.45, 7) is 9.80. The summed E-state index contributed by atoms with van der Waals surface area (Å²) in [7, 11) is 0. The van der Waals surface area contributed by atoms with E-state index in [0.717, 1.165) is 16.5 Å². The predicted octanol–water partition coefficient (Wildman–Crippen LogP) is 3.98. The number of benzene rings is 1. The molecule has 0 saturated carbocycles. The van der Waals surface area contributed by atoms with Crippen LogP contribution in [0, 0.1) is 0 Å². The average Bonchev–Trinajstić information content (AvgIpc) is 2.64. The third-order valence-corrected chi connectivity index (χ3v) is 4.81. The number of fused-ring (bicyclic) bond motifs is 1. The van der Waals surface area contributed by atoms with Gasteiger partial charge in [0.2, 0.25) is 5.91 Å². The Hall–Kier alpha value is -2.63. The smallest absolute Gasteiger partial charge is 0.408 e. The fourth-order valence-corrected chi connectivity index (χ4v) is 3.05. The lowest BCUT2D eigenvalue weighted by Crippen LogP contribution is -2.56. The first-order chi connectivity index (χ1) is 13.2. The minimum absolute atomic E-state index is 0.101. The van der Waals surface area contributed by atoms with Crippen LogP contribution in [-0.2, 0) is 16.0 Å². The molecule has 0 unspecified atom stereocenters. The first-order valence-electron chi connectivity index (χ1n) is 9.78. The van der Waals surface area contributed by atoms with E-state index >= 15 is 0 Å². The molecule has 0 saturated heterocycles. The van der Waals surface area contributed by atoms with Crippen LogP contribution in [0.5, 0.6) is 0 Å². The van der Waals surface area contributed by atoms with Gasteiger partial charge in [-0.05, 0) is 45.2 Å². The molecule has 152 valence electrons. The molecule has 0 bridgehead atoms. The van der Waals surface area contributed by atoms with Crippen LogP contribution in [0.4, 0.5) is 4.79 Å². The lowest BCUT2D eigenvalue weighted by atomic mass is 9.92. The number of hydrogen-bond acceptors (Lipinski definition) is 4. The highest BCUT2D eigenvalue weighted by atomic mass is 16.6. The normalized spacial score (nSPS) is 11.9. The quantitative estimate of drug-likeness (QED) is 0.755. The van der Waals surface area contributed by atoms with Crippen LogP contribution in [0.2, 0.25) is 0 Å². The summed E-state index contributed by atoms with van der Waals surface area (Å²) in [5, 5.41) is 6.93. The van der Waals surface area contributed by atoms with Gasteiger partial charge in [-0.15, -0.1) is 0 Å². The third-order valence-electron chi connectivity index (χ3n) is 4.81. The van der Waals surface area contributed by atoms with Crippen LogP contribution >= 0.6 is 0 Å². The second-order valence-electron chi connectivity index (χ2n) is 8.06. The van der Waals surface area contributed by atoms with E-state index < -0.39 is 17.2 Å². The first kappa shape index (κ1) is 21.7. The molecule has 2 N–H and O–H groups in total. The topological polar surface area (TPSA) is 80.3 Å². The van der Waals surface area contributed by atoms with E-state index in [4.69, 9.17) is 4.74 Å². The van der Waals surface area contributed by atoms with E-state index in [9.17, 15) is 9.59 Å². The van der Waals surface area contributed by atoms with Gasteiger partial charge < -0.3 is 15.4 Å². The summed E-state index contributed by atoms with van der Waals surface area (Å²) in [5.74, 6) is -0.101. The van der Waals surface area contributed by atoms with E-state index in [-0.39, 0.29) is 12.3 Å². The van der Waals surface area contributed by atoms with Crippen LogP contribution < -0.4 is 10.6 Å². The van der Waals surface area contributed by atoms with E-state index in [1.54, 1.807) is 6.20 Å². The Morgan fingerprint density at radius 3 is 2.39 bits per heavy atom. The molecule has 6 heteroatoms. The number of pyridine rings is 1. The summed E-state index contributed by atoms with van der Waals surface area (Å²) in [6, 6.07) is 9.69. The summed E-state index contributed by atoms with van der Waals surface area (Å²) in [6.07, 6.45) is 2.86. The summed E-state index contributed by atoms with van der Waals surface area (Å²) < 4.78 is 5.38. The van der Waals surface area contributed by atoms with Crippen LogP contribution in [-0.4, -0.2) is 34.7 Å². The zero-order chi connectivity index (χ0) is 20.8. The molecule has 1 heterocycles. The monoisotopic (exact) mass is 385 g/mol. The van der Waals surface area contributed by atoms with Gasteiger partial charge in [0.15, 0.2) is 0 Å². The van der Waals surface area contributed by atoms with Crippen molar-refractivity contribution in [3.05, 3.63) is 42.1 Å². The predicted molar refractivity (Wildman–Crippen MR) is 111 cm³/mol. The number of rotatable bonds is 7. The second kappa shape index (κ2) is 9.04. The fraction of sp³-hybridized carbons (Fsp3) is 0.500. The molecule has 6 nitrogen and oxygen atoms in total. The molecule has 28 heavy (non-hydrogen) atoms. The average molecular weight is 386 g/mol. The summed E-state index contributed by atoms with van der Waals surface area (Å²) >= 11 is 0. The highest BCUT2D eigenvalue weighted by Gasteiger charge is 2.31. The SMILES string of the molecule is CCC(CC)(CNC(=O)Cc1cccc2cccnc12)NC(=O)OC(C)(C)C. The minimum Gasteiger partial charge on any atom is -0.444 e. The van der Waals surface area contributed by atoms with Crippen molar-refractivity contribution in [1.29, 1.82) is 0 Å². The molecule has 1 aromatic heterocycles.